The van der Waals surface area contributed by atoms with Crippen molar-refractivity contribution in [2.75, 3.05) is 5.32 Å². The van der Waals surface area contributed by atoms with Crippen LogP contribution >= 0.6 is 15.9 Å². The number of amides is 1. The zero-order chi connectivity index (χ0) is 13.8. The average Bonchev–Trinajstić information content (AvgIpc) is 2.41. The van der Waals surface area contributed by atoms with Gasteiger partial charge >= 0.3 is 5.97 Å². The fourth-order valence-corrected chi connectivity index (χ4v) is 1.91. The van der Waals surface area contributed by atoms with Crippen LogP contribution in [0.15, 0.2) is 53.0 Å². The molecular formula is C14H10BrNO3. The summed E-state index contributed by atoms with van der Waals surface area (Å²) in [5.74, 6) is -1.30. The van der Waals surface area contributed by atoms with Crippen LogP contribution in [0, 0.1) is 0 Å². The van der Waals surface area contributed by atoms with E-state index < -0.39 is 5.97 Å². The molecule has 0 saturated carbocycles. The summed E-state index contributed by atoms with van der Waals surface area (Å²) in [7, 11) is 0. The van der Waals surface area contributed by atoms with E-state index in [9.17, 15) is 9.59 Å². The molecule has 2 aromatic rings. The van der Waals surface area contributed by atoms with E-state index in [1.165, 1.54) is 24.3 Å². The van der Waals surface area contributed by atoms with E-state index in [-0.39, 0.29) is 11.5 Å². The lowest BCUT2D eigenvalue weighted by atomic mass is 10.1. The standard InChI is InChI=1S/C14H10BrNO3/c15-11-3-1-2-4-12(11)16-13(17)9-5-7-10(8-6-9)14(18)19/h1-8H,(H,16,17)(H,18,19). The maximum Gasteiger partial charge on any atom is 0.335 e. The van der Waals surface area contributed by atoms with Gasteiger partial charge in [-0.3, -0.25) is 4.79 Å². The van der Waals surface area contributed by atoms with Crippen molar-refractivity contribution in [3.63, 3.8) is 0 Å². The van der Waals surface area contributed by atoms with Gasteiger partial charge in [0.05, 0.1) is 11.3 Å². The fourth-order valence-electron chi connectivity index (χ4n) is 1.52. The summed E-state index contributed by atoms with van der Waals surface area (Å²) >= 11 is 3.34. The quantitative estimate of drug-likeness (QED) is 0.911. The van der Waals surface area contributed by atoms with E-state index in [2.05, 4.69) is 21.2 Å². The summed E-state index contributed by atoms with van der Waals surface area (Å²) in [4.78, 5) is 22.7. The highest BCUT2D eigenvalue weighted by Crippen LogP contribution is 2.21. The number of halogens is 1. The lowest BCUT2D eigenvalue weighted by Gasteiger charge is -2.07. The SMILES string of the molecule is O=C(O)c1ccc(C(=O)Nc2ccccc2Br)cc1. The maximum absolute atomic E-state index is 12.0. The number of carboxylic acids is 1. The molecule has 96 valence electrons. The summed E-state index contributed by atoms with van der Waals surface area (Å²) < 4.78 is 0.783. The van der Waals surface area contributed by atoms with E-state index in [4.69, 9.17) is 5.11 Å². The van der Waals surface area contributed by atoms with Gasteiger partial charge in [-0.2, -0.15) is 0 Å². The Hall–Kier alpha value is -2.14. The topological polar surface area (TPSA) is 66.4 Å². The number of hydrogen-bond donors (Lipinski definition) is 2. The van der Waals surface area contributed by atoms with Crippen LogP contribution in [0.2, 0.25) is 0 Å². The van der Waals surface area contributed by atoms with E-state index in [0.29, 0.717) is 11.3 Å². The molecule has 1 amide bonds. The Bertz CT molecular complexity index is 623. The average molecular weight is 320 g/mol. The van der Waals surface area contributed by atoms with E-state index in [0.717, 1.165) is 4.47 Å². The Morgan fingerprint density at radius 1 is 0.947 bits per heavy atom. The van der Waals surface area contributed by atoms with Crippen LogP contribution in [-0.2, 0) is 0 Å². The van der Waals surface area contributed by atoms with Crippen LogP contribution in [0.5, 0.6) is 0 Å². The van der Waals surface area contributed by atoms with Gasteiger partial charge in [-0.05, 0) is 52.3 Å². The maximum atomic E-state index is 12.0. The van der Waals surface area contributed by atoms with Gasteiger partial charge in [0.2, 0.25) is 0 Å². The third kappa shape index (κ3) is 3.20. The Morgan fingerprint density at radius 3 is 2.11 bits per heavy atom. The van der Waals surface area contributed by atoms with Crippen LogP contribution < -0.4 is 5.32 Å². The third-order valence-corrected chi connectivity index (χ3v) is 3.21. The molecule has 0 radical (unpaired) electrons. The summed E-state index contributed by atoms with van der Waals surface area (Å²) in [5, 5.41) is 11.5. The van der Waals surface area contributed by atoms with Gasteiger partial charge in [0.15, 0.2) is 0 Å². The molecule has 0 bridgehead atoms. The molecule has 0 unspecified atom stereocenters. The molecule has 2 N–H and O–H groups in total. The van der Waals surface area contributed by atoms with Crippen molar-refractivity contribution in [1.82, 2.24) is 0 Å². The predicted octanol–water partition coefficient (Wildman–Crippen LogP) is 3.40. The highest BCUT2D eigenvalue weighted by Gasteiger charge is 2.09. The molecule has 0 heterocycles. The van der Waals surface area contributed by atoms with Crippen molar-refractivity contribution in [2.24, 2.45) is 0 Å². The van der Waals surface area contributed by atoms with Gasteiger partial charge < -0.3 is 10.4 Å². The molecule has 0 atom stereocenters. The van der Waals surface area contributed by atoms with Crippen LogP contribution in [0.4, 0.5) is 5.69 Å². The number of carboxylic acid groups (broad SMARTS) is 1. The first-order valence-corrected chi connectivity index (χ1v) is 6.26. The van der Waals surface area contributed by atoms with Crippen molar-refractivity contribution in [2.45, 2.75) is 0 Å². The number of carbonyl (C=O) groups is 2. The molecule has 0 aliphatic carbocycles. The molecule has 0 saturated heterocycles. The Kier molecular flexibility index (Phi) is 3.97. The second kappa shape index (κ2) is 5.67. The van der Waals surface area contributed by atoms with Crippen molar-refractivity contribution >= 4 is 33.5 Å². The predicted molar refractivity (Wildman–Crippen MR) is 75.5 cm³/mol. The summed E-state index contributed by atoms with van der Waals surface area (Å²) in [5.41, 5.74) is 1.22. The highest BCUT2D eigenvalue weighted by molar-refractivity contribution is 9.10. The van der Waals surface area contributed by atoms with Crippen LogP contribution in [0.25, 0.3) is 0 Å². The number of carbonyl (C=O) groups excluding carboxylic acids is 1. The summed E-state index contributed by atoms with van der Waals surface area (Å²) in [6, 6.07) is 13.0. The largest absolute Gasteiger partial charge is 0.478 e. The fraction of sp³-hybridized carbons (Fsp3) is 0. The lowest BCUT2D eigenvalue weighted by molar-refractivity contribution is 0.0696. The number of anilines is 1. The molecule has 0 aromatic heterocycles. The lowest BCUT2D eigenvalue weighted by Crippen LogP contribution is -2.12. The minimum Gasteiger partial charge on any atom is -0.478 e. The second-order valence-electron chi connectivity index (χ2n) is 3.82. The van der Waals surface area contributed by atoms with Crippen molar-refractivity contribution in [3.05, 3.63) is 64.1 Å². The molecule has 0 spiro atoms. The zero-order valence-corrected chi connectivity index (χ0v) is 11.3. The summed E-state index contributed by atoms with van der Waals surface area (Å²) in [6.07, 6.45) is 0. The first kappa shape index (κ1) is 13.3. The number of rotatable bonds is 3. The molecule has 19 heavy (non-hydrogen) atoms. The minimum atomic E-state index is -1.02. The first-order valence-electron chi connectivity index (χ1n) is 5.47. The number of hydrogen-bond acceptors (Lipinski definition) is 2. The number of aromatic carboxylic acids is 1. The van der Waals surface area contributed by atoms with Crippen LogP contribution in [0.1, 0.15) is 20.7 Å². The molecule has 5 heteroatoms. The molecule has 4 nitrogen and oxygen atoms in total. The van der Waals surface area contributed by atoms with E-state index in [1.54, 1.807) is 6.07 Å². The highest BCUT2D eigenvalue weighted by atomic mass is 79.9. The van der Waals surface area contributed by atoms with Crippen LogP contribution in [-0.4, -0.2) is 17.0 Å². The minimum absolute atomic E-state index is 0.150. The van der Waals surface area contributed by atoms with Gasteiger partial charge in [0, 0.05) is 10.0 Å². The normalized spacial score (nSPS) is 9.95. The number of nitrogens with one attached hydrogen (secondary N) is 1. The first-order chi connectivity index (χ1) is 9.08. The number of para-hydroxylation sites is 1. The Morgan fingerprint density at radius 2 is 1.53 bits per heavy atom. The third-order valence-electron chi connectivity index (χ3n) is 2.52. The number of benzene rings is 2. The molecule has 0 fully saturated rings. The van der Waals surface area contributed by atoms with Crippen molar-refractivity contribution in [3.8, 4) is 0 Å². The molecule has 0 aliphatic rings. The monoisotopic (exact) mass is 319 g/mol. The van der Waals surface area contributed by atoms with Gasteiger partial charge in [-0.1, -0.05) is 12.1 Å². The van der Waals surface area contributed by atoms with E-state index >= 15 is 0 Å². The smallest absolute Gasteiger partial charge is 0.335 e. The van der Waals surface area contributed by atoms with Crippen LogP contribution in [0.3, 0.4) is 0 Å². The second-order valence-corrected chi connectivity index (χ2v) is 4.67. The van der Waals surface area contributed by atoms with Crippen molar-refractivity contribution < 1.29 is 14.7 Å². The molecule has 2 aromatic carbocycles. The van der Waals surface area contributed by atoms with Gasteiger partial charge in [0.1, 0.15) is 0 Å². The van der Waals surface area contributed by atoms with E-state index in [1.807, 2.05) is 18.2 Å². The van der Waals surface area contributed by atoms with Crippen molar-refractivity contribution in [1.29, 1.82) is 0 Å². The Labute approximate surface area is 118 Å². The molecule has 0 aliphatic heterocycles. The molecular weight excluding hydrogens is 310 g/mol. The summed E-state index contributed by atoms with van der Waals surface area (Å²) in [6.45, 7) is 0. The Balaban J connectivity index is 2.16. The van der Waals surface area contributed by atoms with Gasteiger partial charge in [-0.15, -0.1) is 0 Å². The van der Waals surface area contributed by atoms with Gasteiger partial charge in [0.25, 0.3) is 5.91 Å². The zero-order valence-electron chi connectivity index (χ0n) is 9.76. The van der Waals surface area contributed by atoms with Gasteiger partial charge in [-0.25, -0.2) is 4.79 Å². The molecule has 2 rings (SSSR count).